The first-order chi connectivity index (χ1) is 9.51. The van der Waals surface area contributed by atoms with Crippen LogP contribution in [0.1, 0.15) is 11.1 Å². The van der Waals surface area contributed by atoms with Crippen molar-refractivity contribution in [1.29, 1.82) is 0 Å². The van der Waals surface area contributed by atoms with Crippen LogP contribution < -0.4 is 4.74 Å². The number of hydrogen-bond donors (Lipinski definition) is 0. The number of hydrogen-bond acceptors (Lipinski definition) is 3. The second kappa shape index (κ2) is 6.00. The zero-order chi connectivity index (χ0) is 14.7. The number of benzene rings is 2. The maximum atomic E-state index is 13.2. The molecule has 0 aliphatic rings. The summed E-state index contributed by atoms with van der Waals surface area (Å²) >= 11 is 3.33. The summed E-state index contributed by atoms with van der Waals surface area (Å²) in [6.45, 7) is 1.93. The van der Waals surface area contributed by atoms with Crippen molar-refractivity contribution in [3.05, 3.63) is 63.5 Å². The zero-order valence-corrected chi connectivity index (χ0v) is 12.2. The number of nitro groups is 1. The molecule has 0 bridgehead atoms. The molecule has 0 amide bonds. The summed E-state index contributed by atoms with van der Waals surface area (Å²) < 4.78 is 18.8. The Morgan fingerprint density at radius 3 is 2.65 bits per heavy atom. The van der Waals surface area contributed by atoms with Gasteiger partial charge in [0, 0.05) is 23.0 Å². The van der Waals surface area contributed by atoms with E-state index in [-0.39, 0.29) is 11.4 Å². The smallest absolute Gasteiger partial charge is 0.311 e. The van der Waals surface area contributed by atoms with Gasteiger partial charge in [-0.25, -0.2) is 4.39 Å². The van der Waals surface area contributed by atoms with Gasteiger partial charge in [-0.3, -0.25) is 10.1 Å². The lowest BCUT2D eigenvalue weighted by molar-refractivity contribution is -0.385. The Hall–Kier alpha value is -1.95. The van der Waals surface area contributed by atoms with Gasteiger partial charge in [0.15, 0.2) is 0 Å². The highest BCUT2D eigenvalue weighted by atomic mass is 79.9. The van der Waals surface area contributed by atoms with E-state index in [4.69, 9.17) is 4.74 Å². The lowest BCUT2D eigenvalue weighted by Crippen LogP contribution is -1.96. The lowest BCUT2D eigenvalue weighted by Gasteiger charge is -2.10. The quantitative estimate of drug-likeness (QED) is 0.459. The van der Waals surface area contributed by atoms with E-state index in [1.165, 1.54) is 0 Å². The van der Waals surface area contributed by atoms with Crippen molar-refractivity contribution in [3.8, 4) is 11.5 Å². The zero-order valence-electron chi connectivity index (χ0n) is 10.6. The number of aryl methyl sites for hydroxylation is 1. The second-order valence-electron chi connectivity index (χ2n) is 4.22. The van der Waals surface area contributed by atoms with Crippen molar-refractivity contribution in [2.45, 2.75) is 12.3 Å². The van der Waals surface area contributed by atoms with Crippen molar-refractivity contribution in [2.24, 2.45) is 0 Å². The predicted octanol–water partition coefficient (Wildman–Crippen LogP) is 4.73. The Morgan fingerprint density at radius 1 is 1.25 bits per heavy atom. The molecule has 2 aromatic rings. The van der Waals surface area contributed by atoms with Gasteiger partial charge in [-0.2, -0.15) is 0 Å². The highest BCUT2D eigenvalue weighted by molar-refractivity contribution is 9.08. The van der Waals surface area contributed by atoms with E-state index in [1.54, 1.807) is 6.07 Å². The topological polar surface area (TPSA) is 52.4 Å². The van der Waals surface area contributed by atoms with Crippen LogP contribution in [-0.4, -0.2) is 4.92 Å². The average Bonchev–Trinajstić information content (AvgIpc) is 2.40. The number of alkyl halides is 1. The van der Waals surface area contributed by atoms with Crippen molar-refractivity contribution < 1.29 is 14.1 Å². The van der Waals surface area contributed by atoms with Gasteiger partial charge in [0.05, 0.1) is 4.92 Å². The summed E-state index contributed by atoms with van der Waals surface area (Å²) in [4.78, 5) is 10.3. The van der Waals surface area contributed by atoms with E-state index in [0.29, 0.717) is 11.1 Å². The van der Waals surface area contributed by atoms with Crippen LogP contribution in [0.2, 0.25) is 0 Å². The van der Waals surface area contributed by atoms with Gasteiger partial charge in [0.25, 0.3) is 0 Å². The first-order valence-electron chi connectivity index (χ1n) is 5.78. The standard InChI is InChI=1S/C14H11BrFNO3/c1-9-2-5-13(10(6-9)8-15)20-14-7-11(16)3-4-12(14)17(18)19/h2-7H,8H2,1H3. The Balaban J connectivity index is 2.44. The van der Waals surface area contributed by atoms with E-state index in [0.717, 1.165) is 29.3 Å². The fourth-order valence-corrected chi connectivity index (χ4v) is 2.19. The number of ether oxygens (including phenoxy) is 1. The lowest BCUT2D eigenvalue weighted by atomic mass is 10.1. The van der Waals surface area contributed by atoms with E-state index in [9.17, 15) is 14.5 Å². The molecule has 20 heavy (non-hydrogen) atoms. The molecular weight excluding hydrogens is 329 g/mol. The van der Waals surface area contributed by atoms with Crippen LogP contribution in [0.3, 0.4) is 0 Å². The summed E-state index contributed by atoms with van der Waals surface area (Å²) in [6, 6.07) is 8.57. The van der Waals surface area contributed by atoms with E-state index >= 15 is 0 Å². The highest BCUT2D eigenvalue weighted by Gasteiger charge is 2.17. The molecule has 6 heteroatoms. The van der Waals surface area contributed by atoms with Crippen molar-refractivity contribution in [1.82, 2.24) is 0 Å². The largest absolute Gasteiger partial charge is 0.450 e. The Labute approximate surface area is 123 Å². The molecule has 0 aromatic heterocycles. The Morgan fingerprint density at radius 2 is 2.00 bits per heavy atom. The first-order valence-corrected chi connectivity index (χ1v) is 6.90. The van der Waals surface area contributed by atoms with E-state index < -0.39 is 10.7 Å². The van der Waals surface area contributed by atoms with E-state index in [1.807, 2.05) is 19.1 Å². The summed E-state index contributed by atoms with van der Waals surface area (Å²) in [5, 5.41) is 11.5. The van der Waals surface area contributed by atoms with Crippen molar-refractivity contribution in [3.63, 3.8) is 0 Å². The third-order valence-electron chi connectivity index (χ3n) is 2.70. The molecule has 0 saturated heterocycles. The molecule has 0 unspecified atom stereocenters. The maximum absolute atomic E-state index is 13.2. The summed E-state index contributed by atoms with van der Waals surface area (Å²) in [5.41, 5.74) is 1.61. The predicted molar refractivity (Wildman–Crippen MR) is 76.9 cm³/mol. The van der Waals surface area contributed by atoms with Crippen LogP contribution >= 0.6 is 15.9 Å². The van der Waals surface area contributed by atoms with Gasteiger partial charge < -0.3 is 4.74 Å². The minimum Gasteiger partial charge on any atom is -0.450 e. The summed E-state index contributed by atoms with van der Waals surface area (Å²) in [6.07, 6.45) is 0. The molecule has 2 aromatic carbocycles. The Bertz CT molecular complexity index is 661. The third-order valence-corrected chi connectivity index (χ3v) is 3.30. The van der Waals surface area contributed by atoms with Crippen LogP contribution in [0.15, 0.2) is 36.4 Å². The molecule has 0 fully saturated rings. The molecule has 2 rings (SSSR count). The summed E-state index contributed by atoms with van der Waals surface area (Å²) in [5.74, 6) is -0.236. The molecule has 0 aliphatic carbocycles. The third kappa shape index (κ3) is 3.14. The normalized spacial score (nSPS) is 10.3. The highest BCUT2D eigenvalue weighted by Crippen LogP contribution is 2.34. The summed E-state index contributed by atoms with van der Waals surface area (Å²) in [7, 11) is 0. The van der Waals surface area contributed by atoms with Gasteiger partial charge in [0.1, 0.15) is 11.6 Å². The van der Waals surface area contributed by atoms with Crippen LogP contribution in [0.25, 0.3) is 0 Å². The van der Waals surface area contributed by atoms with E-state index in [2.05, 4.69) is 15.9 Å². The number of rotatable bonds is 4. The molecule has 0 aliphatic heterocycles. The van der Waals surface area contributed by atoms with Gasteiger partial charge in [-0.1, -0.05) is 33.6 Å². The molecular formula is C14H11BrFNO3. The number of nitro benzene ring substituents is 1. The SMILES string of the molecule is Cc1ccc(Oc2cc(F)ccc2[N+](=O)[O-])c(CBr)c1. The molecule has 0 spiro atoms. The van der Waals surface area contributed by atoms with Crippen LogP contribution in [0, 0.1) is 22.9 Å². The van der Waals surface area contributed by atoms with Gasteiger partial charge in [-0.15, -0.1) is 0 Å². The molecule has 0 heterocycles. The van der Waals surface area contributed by atoms with Gasteiger partial charge >= 0.3 is 5.69 Å². The number of halogens is 2. The van der Waals surface area contributed by atoms with Gasteiger partial charge in [-0.05, 0) is 19.1 Å². The van der Waals surface area contributed by atoms with Crippen LogP contribution in [-0.2, 0) is 5.33 Å². The fraction of sp³-hybridized carbons (Fsp3) is 0.143. The molecule has 104 valence electrons. The minimum absolute atomic E-state index is 0.110. The maximum Gasteiger partial charge on any atom is 0.311 e. The average molecular weight is 340 g/mol. The molecule has 0 atom stereocenters. The fourth-order valence-electron chi connectivity index (χ4n) is 1.75. The van der Waals surface area contributed by atoms with Crippen LogP contribution in [0.5, 0.6) is 11.5 Å². The minimum atomic E-state index is -0.600. The first kappa shape index (κ1) is 14.5. The van der Waals surface area contributed by atoms with Crippen molar-refractivity contribution >= 4 is 21.6 Å². The monoisotopic (exact) mass is 339 g/mol. The Kier molecular flexibility index (Phi) is 4.34. The van der Waals surface area contributed by atoms with Crippen molar-refractivity contribution in [2.75, 3.05) is 0 Å². The molecule has 4 nitrogen and oxygen atoms in total. The van der Waals surface area contributed by atoms with Crippen LogP contribution in [0.4, 0.5) is 10.1 Å². The van der Waals surface area contributed by atoms with Gasteiger partial charge in [0.2, 0.25) is 5.75 Å². The second-order valence-corrected chi connectivity index (χ2v) is 4.78. The molecule has 0 saturated carbocycles. The number of nitrogens with zero attached hydrogens (tertiary/aromatic N) is 1. The molecule has 0 N–H and O–H groups in total. The molecule has 0 radical (unpaired) electrons.